The van der Waals surface area contributed by atoms with E-state index in [0.29, 0.717) is 17.3 Å². The molecule has 0 bridgehead atoms. The van der Waals surface area contributed by atoms with Crippen molar-refractivity contribution in [3.8, 4) is 11.5 Å². The van der Waals surface area contributed by atoms with E-state index in [2.05, 4.69) is 30.9 Å². The van der Waals surface area contributed by atoms with E-state index in [0.717, 1.165) is 4.47 Å². The lowest BCUT2D eigenvalue weighted by molar-refractivity contribution is 1.14. The average Bonchev–Trinajstić information content (AvgIpc) is 2.18. The van der Waals surface area contributed by atoms with Crippen molar-refractivity contribution >= 4 is 21.7 Å². The zero-order valence-electron chi connectivity index (χ0n) is 7.18. The van der Waals surface area contributed by atoms with E-state index in [1.807, 2.05) is 12.1 Å². The summed E-state index contributed by atoms with van der Waals surface area (Å²) >= 11 is 3.37. The van der Waals surface area contributed by atoms with Gasteiger partial charge in [-0.05, 0) is 34.1 Å². The Kier molecular flexibility index (Phi) is 2.41. The van der Waals surface area contributed by atoms with Gasteiger partial charge in [0.05, 0.1) is 0 Å². The molecule has 0 fully saturated rings. The number of anilines is 1. The molecule has 0 unspecified atom stereocenters. The molecule has 2 aromatic heterocycles. The van der Waals surface area contributed by atoms with Gasteiger partial charge in [0, 0.05) is 16.9 Å². The standard InChI is InChI=1S/C9H7BrN4/c10-6-2-1-4-12-8(6)9-13-5-3-7(11)14-9/h1-5H,(H2,11,13,14). The lowest BCUT2D eigenvalue weighted by Crippen LogP contribution is -1.96. The molecular weight excluding hydrogens is 244 g/mol. The van der Waals surface area contributed by atoms with Crippen LogP contribution in [0.2, 0.25) is 0 Å². The molecule has 0 radical (unpaired) electrons. The second kappa shape index (κ2) is 3.71. The Morgan fingerprint density at radius 2 is 2.00 bits per heavy atom. The van der Waals surface area contributed by atoms with Gasteiger partial charge >= 0.3 is 0 Å². The molecule has 0 aliphatic rings. The van der Waals surface area contributed by atoms with E-state index >= 15 is 0 Å². The maximum Gasteiger partial charge on any atom is 0.181 e. The molecule has 0 saturated heterocycles. The van der Waals surface area contributed by atoms with Crippen molar-refractivity contribution < 1.29 is 0 Å². The smallest absolute Gasteiger partial charge is 0.181 e. The van der Waals surface area contributed by atoms with Gasteiger partial charge in [-0.3, -0.25) is 4.98 Å². The number of pyridine rings is 1. The van der Waals surface area contributed by atoms with Crippen LogP contribution in [-0.2, 0) is 0 Å². The molecule has 4 nitrogen and oxygen atoms in total. The summed E-state index contributed by atoms with van der Waals surface area (Å²) in [6, 6.07) is 5.36. The number of nitrogen functional groups attached to an aromatic ring is 1. The highest BCUT2D eigenvalue weighted by atomic mass is 79.9. The summed E-state index contributed by atoms with van der Waals surface area (Å²) in [6.07, 6.45) is 3.30. The molecule has 70 valence electrons. The molecule has 0 amide bonds. The topological polar surface area (TPSA) is 64.7 Å². The molecule has 0 saturated carbocycles. The van der Waals surface area contributed by atoms with Gasteiger partial charge in [0.25, 0.3) is 0 Å². The van der Waals surface area contributed by atoms with E-state index in [9.17, 15) is 0 Å². The molecule has 2 N–H and O–H groups in total. The van der Waals surface area contributed by atoms with Crippen LogP contribution in [0.3, 0.4) is 0 Å². The van der Waals surface area contributed by atoms with Gasteiger partial charge in [-0.1, -0.05) is 0 Å². The van der Waals surface area contributed by atoms with Crippen molar-refractivity contribution in [2.75, 3.05) is 5.73 Å². The number of hydrogen-bond acceptors (Lipinski definition) is 4. The first-order valence-electron chi connectivity index (χ1n) is 3.97. The first-order chi connectivity index (χ1) is 6.77. The lowest BCUT2D eigenvalue weighted by atomic mass is 10.3. The van der Waals surface area contributed by atoms with Crippen LogP contribution >= 0.6 is 15.9 Å². The maximum absolute atomic E-state index is 5.55. The zero-order valence-corrected chi connectivity index (χ0v) is 8.77. The van der Waals surface area contributed by atoms with Crippen molar-refractivity contribution in [1.29, 1.82) is 0 Å². The van der Waals surface area contributed by atoms with E-state index in [-0.39, 0.29) is 0 Å². The fraction of sp³-hybridized carbons (Fsp3) is 0. The average molecular weight is 251 g/mol. The molecule has 14 heavy (non-hydrogen) atoms. The van der Waals surface area contributed by atoms with Crippen LogP contribution in [-0.4, -0.2) is 15.0 Å². The second-order valence-electron chi connectivity index (χ2n) is 2.64. The zero-order chi connectivity index (χ0) is 9.97. The fourth-order valence-electron chi connectivity index (χ4n) is 1.04. The number of aromatic nitrogens is 3. The molecule has 0 aliphatic heterocycles. The maximum atomic E-state index is 5.55. The van der Waals surface area contributed by atoms with E-state index in [1.165, 1.54) is 0 Å². The molecule has 2 rings (SSSR count). The van der Waals surface area contributed by atoms with Crippen LogP contribution in [0.5, 0.6) is 0 Å². The highest BCUT2D eigenvalue weighted by molar-refractivity contribution is 9.10. The van der Waals surface area contributed by atoms with Gasteiger partial charge in [-0.15, -0.1) is 0 Å². The summed E-state index contributed by atoms with van der Waals surface area (Å²) in [5.41, 5.74) is 6.25. The summed E-state index contributed by atoms with van der Waals surface area (Å²) in [6.45, 7) is 0. The van der Waals surface area contributed by atoms with Crippen LogP contribution in [0.25, 0.3) is 11.5 Å². The van der Waals surface area contributed by atoms with Crippen molar-refractivity contribution in [3.63, 3.8) is 0 Å². The summed E-state index contributed by atoms with van der Waals surface area (Å²) in [5.74, 6) is 0.963. The molecule has 0 aliphatic carbocycles. The summed E-state index contributed by atoms with van der Waals surface area (Å²) in [5, 5.41) is 0. The number of halogens is 1. The first kappa shape index (κ1) is 9.08. The van der Waals surface area contributed by atoms with Crippen molar-refractivity contribution in [1.82, 2.24) is 15.0 Å². The van der Waals surface area contributed by atoms with Crippen molar-refractivity contribution in [2.24, 2.45) is 0 Å². The van der Waals surface area contributed by atoms with E-state index < -0.39 is 0 Å². The van der Waals surface area contributed by atoms with Crippen LogP contribution in [0.4, 0.5) is 5.82 Å². The Labute approximate surface area is 89.4 Å². The molecule has 0 aromatic carbocycles. The molecule has 2 heterocycles. The van der Waals surface area contributed by atoms with E-state index in [1.54, 1.807) is 18.5 Å². The molecule has 5 heteroatoms. The third kappa shape index (κ3) is 1.72. The monoisotopic (exact) mass is 250 g/mol. The third-order valence-electron chi connectivity index (χ3n) is 1.65. The summed E-state index contributed by atoms with van der Waals surface area (Å²) in [7, 11) is 0. The summed E-state index contributed by atoms with van der Waals surface area (Å²) < 4.78 is 0.852. The number of nitrogens with two attached hydrogens (primary N) is 1. The molecular formula is C9H7BrN4. The molecule has 2 aromatic rings. The Balaban J connectivity index is 2.55. The van der Waals surface area contributed by atoms with Crippen molar-refractivity contribution in [2.45, 2.75) is 0 Å². The molecule has 0 spiro atoms. The van der Waals surface area contributed by atoms with Gasteiger partial charge in [0.1, 0.15) is 11.5 Å². The quantitative estimate of drug-likeness (QED) is 0.840. The Bertz CT molecular complexity index is 458. The number of nitrogens with zero attached hydrogens (tertiary/aromatic N) is 3. The predicted octanol–water partition coefficient (Wildman–Crippen LogP) is 1.88. The predicted molar refractivity (Wildman–Crippen MR) is 57.4 cm³/mol. The largest absolute Gasteiger partial charge is 0.384 e. The summed E-state index contributed by atoms with van der Waals surface area (Å²) in [4.78, 5) is 12.3. The Morgan fingerprint density at radius 1 is 1.14 bits per heavy atom. The number of hydrogen-bond donors (Lipinski definition) is 1. The number of rotatable bonds is 1. The van der Waals surface area contributed by atoms with Gasteiger partial charge < -0.3 is 5.73 Å². The molecule has 0 atom stereocenters. The third-order valence-corrected chi connectivity index (χ3v) is 2.29. The van der Waals surface area contributed by atoms with Crippen LogP contribution in [0.15, 0.2) is 35.1 Å². The SMILES string of the molecule is Nc1ccnc(-c2ncccc2Br)n1. The van der Waals surface area contributed by atoms with Crippen LogP contribution in [0.1, 0.15) is 0 Å². The van der Waals surface area contributed by atoms with Crippen LogP contribution in [0, 0.1) is 0 Å². The normalized spacial score (nSPS) is 10.1. The van der Waals surface area contributed by atoms with Crippen LogP contribution < -0.4 is 5.73 Å². The minimum Gasteiger partial charge on any atom is -0.384 e. The van der Waals surface area contributed by atoms with Crippen molar-refractivity contribution in [3.05, 3.63) is 35.1 Å². The second-order valence-corrected chi connectivity index (χ2v) is 3.49. The Hall–Kier alpha value is -1.49. The highest BCUT2D eigenvalue weighted by Gasteiger charge is 2.06. The van der Waals surface area contributed by atoms with E-state index in [4.69, 9.17) is 5.73 Å². The van der Waals surface area contributed by atoms with Gasteiger partial charge in [-0.25, -0.2) is 9.97 Å². The lowest BCUT2D eigenvalue weighted by Gasteiger charge is -2.01. The van der Waals surface area contributed by atoms with Gasteiger partial charge in [-0.2, -0.15) is 0 Å². The Morgan fingerprint density at radius 3 is 2.71 bits per heavy atom. The fourth-order valence-corrected chi connectivity index (χ4v) is 1.47. The highest BCUT2D eigenvalue weighted by Crippen LogP contribution is 2.22. The minimum atomic E-state index is 0.438. The minimum absolute atomic E-state index is 0.438. The van der Waals surface area contributed by atoms with Gasteiger partial charge in [0.15, 0.2) is 5.82 Å². The van der Waals surface area contributed by atoms with Gasteiger partial charge in [0.2, 0.25) is 0 Å². The first-order valence-corrected chi connectivity index (χ1v) is 4.76.